The summed E-state index contributed by atoms with van der Waals surface area (Å²) in [6.07, 6.45) is 3.13. The normalized spacial score (nSPS) is 21.2. The predicted molar refractivity (Wildman–Crippen MR) is 76.3 cm³/mol. The molecule has 0 aromatic carbocycles. The number of likely N-dealkylation sites (tertiary alicyclic amines) is 1. The predicted octanol–water partition coefficient (Wildman–Crippen LogP) is 2.94. The lowest BCUT2D eigenvalue weighted by atomic mass is 10.0. The molecule has 0 saturated carbocycles. The van der Waals surface area contributed by atoms with Crippen molar-refractivity contribution in [3.63, 3.8) is 0 Å². The van der Waals surface area contributed by atoms with Gasteiger partial charge in [0.25, 0.3) is 15.0 Å². The molecule has 4 nitrogen and oxygen atoms in total. The minimum absolute atomic E-state index is 0.0284. The van der Waals surface area contributed by atoms with Gasteiger partial charge in [0.1, 0.15) is 4.21 Å². The van der Waals surface area contributed by atoms with Gasteiger partial charge in [0, 0.05) is 29.2 Å². The van der Waals surface area contributed by atoms with Crippen molar-refractivity contribution in [2.75, 3.05) is 13.1 Å². The molecule has 0 spiro atoms. The van der Waals surface area contributed by atoms with Gasteiger partial charge in [-0.2, -0.15) is 0 Å². The maximum atomic E-state index is 12.3. The molecule has 2 heterocycles. The highest BCUT2D eigenvalue weighted by molar-refractivity contribution is 8.15. The highest BCUT2D eigenvalue weighted by Crippen LogP contribution is 2.25. The first-order chi connectivity index (χ1) is 8.88. The van der Waals surface area contributed by atoms with Gasteiger partial charge in [0.2, 0.25) is 0 Å². The van der Waals surface area contributed by atoms with E-state index in [4.69, 9.17) is 10.7 Å². The molecular formula is C12H16ClNO3S2. The standard InChI is InChI=1S/C12H16ClNO3S2/c1-9-3-2-5-14(6-4-9)12(15)10-7-11(18-8-10)19(13,16)17/h7-9H,2-6H2,1H3. The van der Waals surface area contributed by atoms with E-state index in [9.17, 15) is 13.2 Å². The summed E-state index contributed by atoms with van der Waals surface area (Å²) in [5, 5.41) is 1.56. The molecule has 1 aliphatic heterocycles. The monoisotopic (exact) mass is 321 g/mol. The van der Waals surface area contributed by atoms with Gasteiger partial charge < -0.3 is 4.90 Å². The first-order valence-electron chi connectivity index (χ1n) is 6.20. The minimum Gasteiger partial charge on any atom is -0.339 e. The van der Waals surface area contributed by atoms with Gasteiger partial charge in [0.05, 0.1) is 5.56 Å². The number of halogens is 1. The molecule has 1 amide bonds. The van der Waals surface area contributed by atoms with Gasteiger partial charge in [0.15, 0.2) is 0 Å². The average Bonchev–Trinajstić information content (AvgIpc) is 2.73. The van der Waals surface area contributed by atoms with Crippen LogP contribution in [0.3, 0.4) is 0 Å². The third-order valence-corrected chi connectivity index (χ3v) is 6.41. The molecule has 19 heavy (non-hydrogen) atoms. The van der Waals surface area contributed by atoms with E-state index in [1.54, 1.807) is 10.3 Å². The molecule has 2 rings (SSSR count). The van der Waals surface area contributed by atoms with Crippen LogP contribution in [0.25, 0.3) is 0 Å². The zero-order valence-electron chi connectivity index (χ0n) is 10.6. The van der Waals surface area contributed by atoms with E-state index in [1.165, 1.54) is 6.07 Å². The molecule has 106 valence electrons. The molecule has 0 bridgehead atoms. The lowest BCUT2D eigenvalue weighted by molar-refractivity contribution is 0.0761. The number of rotatable bonds is 2. The average molecular weight is 322 g/mol. The third-order valence-electron chi connectivity index (χ3n) is 3.37. The van der Waals surface area contributed by atoms with Crippen molar-refractivity contribution in [2.45, 2.75) is 30.4 Å². The number of hydrogen-bond acceptors (Lipinski definition) is 4. The molecule has 1 unspecified atom stereocenters. The molecular weight excluding hydrogens is 306 g/mol. The number of amides is 1. The number of hydrogen-bond donors (Lipinski definition) is 0. The summed E-state index contributed by atoms with van der Waals surface area (Å²) < 4.78 is 22.4. The van der Waals surface area contributed by atoms with Gasteiger partial charge >= 0.3 is 0 Å². The Balaban J connectivity index is 2.13. The fraction of sp³-hybridized carbons (Fsp3) is 0.583. The molecule has 7 heteroatoms. The zero-order valence-corrected chi connectivity index (χ0v) is 13.0. The third kappa shape index (κ3) is 3.70. The molecule has 1 atom stereocenters. The maximum absolute atomic E-state index is 12.3. The lowest BCUT2D eigenvalue weighted by Gasteiger charge is -2.19. The van der Waals surface area contributed by atoms with Crippen LogP contribution in [0, 0.1) is 5.92 Å². The van der Waals surface area contributed by atoms with Gasteiger partial charge in [-0.25, -0.2) is 8.42 Å². The Bertz CT molecular complexity index is 567. The number of nitrogens with zero attached hydrogens (tertiary/aromatic N) is 1. The Morgan fingerprint density at radius 1 is 1.42 bits per heavy atom. The van der Waals surface area contributed by atoms with Gasteiger partial charge in [-0.15, -0.1) is 11.3 Å². The van der Waals surface area contributed by atoms with E-state index in [0.717, 1.165) is 43.7 Å². The smallest absolute Gasteiger partial charge is 0.270 e. The first kappa shape index (κ1) is 14.8. The van der Waals surface area contributed by atoms with Gasteiger partial charge in [-0.05, 0) is 31.2 Å². The van der Waals surface area contributed by atoms with Crippen LogP contribution in [0.2, 0.25) is 0 Å². The molecule has 0 N–H and O–H groups in total. The molecule has 1 aromatic heterocycles. The van der Waals surface area contributed by atoms with E-state index in [2.05, 4.69) is 6.92 Å². The summed E-state index contributed by atoms with van der Waals surface area (Å²) in [5.41, 5.74) is 0.416. The van der Waals surface area contributed by atoms with Crippen LogP contribution in [-0.2, 0) is 9.05 Å². The molecule has 1 saturated heterocycles. The summed E-state index contributed by atoms with van der Waals surface area (Å²) in [6.45, 7) is 3.66. The van der Waals surface area contributed by atoms with Crippen molar-refractivity contribution in [1.29, 1.82) is 0 Å². The SMILES string of the molecule is CC1CCCN(C(=O)c2csc(S(=O)(=O)Cl)c2)CC1. The number of carbonyl (C=O) groups is 1. The van der Waals surface area contributed by atoms with E-state index >= 15 is 0 Å². The highest BCUT2D eigenvalue weighted by Gasteiger charge is 2.22. The Kier molecular flexibility index (Phi) is 4.53. The molecule has 0 radical (unpaired) electrons. The summed E-state index contributed by atoms with van der Waals surface area (Å²) in [5.74, 6) is 0.538. The molecule has 1 aromatic rings. The van der Waals surface area contributed by atoms with Crippen LogP contribution in [0.15, 0.2) is 15.7 Å². The molecule has 0 aliphatic carbocycles. The topological polar surface area (TPSA) is 54.5 Å². The van der Waals surface area contributed by atoms with Crippen LogP contribution in [-0.4, -0.2) is 32.3 Å². The second-order valence-corrected chi connectivity index (χ2v) is 8.62. The van der Waals surface area contributed by atoms with E-state index in [-0.39, 0.29) is 10.1 Å². The van der Waals surface area contributed by atoms with E-state index in [1.807, 2.05) is 0 Å². The van der Waals surface area contributed by atoms with E-state index in [0.29, 0.717) is 11.5 Å². The van der Waals surface area contributed by atoms with Gasteiger partial charge in [-0.1, -0.05) is 6.92 Å². The second kappa shape index (κ2) is 5.81. The largest absolute Gasteiger partial charge is 0.339 e. The van der Waals surface area contributed by atoms with Crippen LogP contribution < -0.4 is 0 Å². The fourth-order valence-electron chi connectivity index (χ4n) is 2.21. The minimum atomic E-state index is -3.74. The number of thiophene rings is 1. The Morgan fingerprint density at radius 2 is 2.16 bits per heavy atom. The zero-order chi connectivity index (χ0) is 14.0. The summed E-state index contributed by atoms with van der Waals surface area (Å²) in [7, 11) is 1.52. The van der Waals surface area contributed by atoms with Crippen LogP contribution >= 0.6 is 22.0 Å². The Morgan fingerprint density at radius 3 is 2.79 bits per heavy atom. The van der Waals surface area contributed by atoms with Crippen molar-refractivity contribution >= 4 is 37.0 Å². The maximum Gasteiger partial charge on any atom is 0.270 e. The second-order valence-electron chi connectivity index (χ2n) is 4.92. The van der Waals surface area contributed by atoms with Crippen molar-refractivity contribution < 1.29 is 13.2 Å². The summed E-state index contributed by atoms with van der Waals surface area (Å²) in [4.78, 5) is 14.1. The van der Waals surface area contributed by atoms with Crippen molar-refractivity contribution in [3.8, 4) is 0 Å². The van der Waals surface area contributed by atoms with Crippen LogP contribution in [0.5, 0.6) is 0 Å². The Labute approximate surface area is 121 Å². The van der Waals surface area contributed by atoms with Crippen molar-refractivity contribution in [1.82, 2.24) is 4.90 Å². The summed E-state index contributed by atoms with van der Waals surface area (Å²) in [6, 6.07) is 1.36. The van der Waals surface area contributed by atoms with Crippen molar-refractivity contribution in [2.24, 2.45) is 5.92 Å². The highest BCUT2D eigenvalue weighted by atomic mass is 35.7. The van der Waals surface area contributed by atoms with Gasteiger partial charge in [-0.3, -0.25) is 4.79 Å². The fourth-order valence-corrected chi connectivity index (χ4v) is 4.14. The van der Waals surface area contributed by atoms with E-state index < -0.39 is 9.05 Å². The first-order valence-corrected chi connectivity index (χ1v) is 9.39. The Hall–Kier alpha value is -0.590. The molecule has 1 fully saturated rings. The van der Waals surface area contributed by atoms with Crippen LogP contribution in [0.1, 0.15) is 36.5 Å². The van der Waals surface area contributed by atoms with Crippen LogP contribution in [0.4, 0.5) is 0 Å². The number of carbonyl (C=O) groups excluding carboxylic acids is 1. The quantitative estimate of drug-likeness (QED) is 0.787. The lowest BCUT2D eigenvalue weighted by Crippen LogP contribution is -2.31. The molecule has 1 aliphatic rings. The summed E-state index contributed by atoms with van der Waals surface area (Å²) >= 11 is 0.987. The van der Waals surface area contributed by atoms with Crippen molar-refractivity contribution in [3.05, 3.63) is 17.0 Å².